The Hall–Kier alpha value is -0.752. The summed E-state index contributed by atoms with van der Waals surface area (Å²) >= 11 is 2.23. The maximum absolute atomic E-state index is 10.4. The summed E-state index contributed by atoms with van der Waals surface area (Å²) in [5.41, 5.74) is 0.350. The summed E-state index contributed by atoms with van der Waals surface area (Å²) in [7, 11) is 0. The number of hydrogen-bond donors (Lipinski definition) is 1. The zero-order valence-corrected chi connectivity index (χ0v) is 6.99. The molecule has 0 amide bonds. The minimum atomic E-state index is -0.878. The molecule has 0 aliphatic rings. The van der Waals surface area contributed by atoms with Gasteiger partial charge in [-0.25, -0.2) is 0 Å². The predicted molar refractivity (Wildman–Crippen MR) is 38.8 cm³/mol. The van der Waals surface area contributed by atoms with Gasteiger partial charge in [0.05, 0.1) is 0 Å². The Balaban J connectivity index is 3.15. The molecular weight excluding hydrogens is 191 g/mol. The molecule has 2 nitrogen and oxygen atoms in total. The van der Waals surface area contributed by atoms with Crippen LogP contribution in [-0.4, -0.2) is 27.9 Å². The minimum absolute atomic E-state index is 0.350. The average Bonchev–Trinajstić information content (AvgIpc) is 1.88. The van der Waals surface area contributed by atoms with Crippen LogP contribution in [0.25, 0.3) is 0 Å². The van der Waals surface area contributed by atoms with Crippen LogP contribution in [0.1, 0.15) is 10.4 Å². The van der Waals surface area contributed by atoms with E-state index in [1.165, 1.54) is 0 Å². The topological polar surface area (TPSA) is 37.3 Å². The molecule has 50 valence electrons. The summed E-state index contributed by atoms with van der Waals surface area (Å²) in [4.78, 5) is 10.4. The molecule has 0 aliphatic heterocycles. The van der Waals surface area contributed by atoms with Crippen molar-refractivity contribution in [2.24, 2.45) is 0 Å². The van der Waals surface area contributed by atoms with E-state index in [4.69, 9.17) is 5.11 Å². The third-order valence-corrected chi connectivity index (χ3v) is 1.95. The van der Waals surface area contributed by atoms with Crippen LogP contribution in [-0.2, 0) is 0 Å². The molecule has 0 aliphatic carbocycles. The number of carboxylic acid groups (broad SMARTS) is 1. The van der Waals surface area contributed by atoms with Crippen molar-refractivity contribution in [3.05, 3.63) is 29.8 Å². The fourth-order valence-electron chi connectivity index (χ4n) is 0.654. The van der Waals surface area contributed by atoms with E-state index < -0.39 is 5.97 Å². The van der Waals surface area contributed by atoms with Gasteiger partial charge in [-0.2, -0.15) is 0 Å². The van der Waals surface area contributed by atoms with Crippen LogP contribution in [0.3, 0.4) is 0 Å². The van der Waals surface area contributed by atoms with Crippen molar-refractivity contribution in [1.82, 2.24) is 0 Å². The Bertz CT molecular complexity index is 258. The number of rotatable bonds is 1. The van der Waals surface area contributed by atoms with Crippen molar-refractivity contribution in [1.29, 1.82) is 0 Å². The average molecular weight is 196 g/mol. The molecule has 0 unspecified atom stereocenters. The van der Waals surface area contributed by atoms with Crippen LogP contribution in [0.2, 0.25) is 0 Å². The van der Waals surface area contributed by atoms with Crippen molar-refractivity contribution in [2.45, 2.75) is 0 Å². The first-order valence-corrected chi connectivity index (χ1v) is 3.67. The first kappa shape index (κ1) is 7.36. The van der Waals surface area contributed by atoms with Crippen molar-refractivity contribution < 1.29 is 9.90 Å². The Morgan fingerprint density at radius 3 is 2.40 bits per heavy atom. The van der Waals surface area contributed by atoms with Gasteiger partial charge in [-0.3, -0.25) is 0 Å². The van der Waals surface area contributed by atoms with Crippen LogP contribution in [0.4, 0.5) is 0 Å². The van der Waals surface area contributed by atoms with Crippen LogP contribution in [0.5, 0.6) is 0 Å². The van der Waals surface area contributed by atoms with E-state index >= 15 is 0 Å². The van der Waals surface area contributed by atoms with E-state index in [9.17, 15) is 4.79 Å². The molecular formula is C7H5AsO2. The molecule has 1 rings (SSSR count). The van der Waals surface area contributed by atoms with Gasteiger partial charge in [0.15, 0.2) is 0 Å². The molecule has 0 heterocycles. The van der Waals surface area contributed by atoms with E-state index in [1.54, 1.807) is 24.3 Å². The molecule has 3 heteroatoms. The van der Waals surface area contributed by atoms with Gasteiger partial charge in [0.1, 0.15) is 0 Å². The van der Waals surface area contributed by atoms with E-state index in [1.807, 2.05) is 0 Å². The van der Waals surface area contributed by atoms with E-state index in [-0.39, 0.29) is 0 Å². The van der Waals surface area contributed by atoms with Gasteiger partial charge < -0.3 is 0 Å². The first-order valence-electron chi connectivity index (χ1n) is 2.73. The quantitative estimate of drug-likeness (QED) is 0.650. The summed E-state index contributed by atoms with van der Waals surface area (Å²) in [6.07, 6.45) is 0. The zero-order chi connectivity index (χ0) is 7.56. The Kier molecular flexibility index (Phi) is 2.13. The number of aromatic carboxylic acids is 1. The van der Waals surface area contributed by atoms with E-state index in [0.717, 1.165) is 4.35 Å². The molecule has 0 aromatic heterocycles. The summed E-state index contributed by atoms with van der Waals surface area (Å²) < 4.78 is 0.738. The van der Waals surface area contributed by atoms with Crippen molar-refractivity contribution in [3.63, 3.8) is 0 Å². The predicted octanol–water partition coefficient (Wildman–Crippen LogP) is 0.179. The van der Waals surface area contributed by atoms with Crippen LogP contribution < -0.4 is 4.35 Å². The normalized spacial score (nSPS) is 9.30. The second kappa shape index (κ2) is 2.89. The molecule has 0 spiro atoms. The molecule has 0 saturated heterocycles. The molecule has 1 aromatic rings. The van der Waals surface area contributed by atoms with Crippen LogP contribution >= 0.6 is 0 Å². The van der Waals surface area contributed by atoms with Gasteiger partial charge in [-0.15, -0.1) is 0 Å². The molecule has 0 atom stereocenters. The van der Waals surface area contributed by atoms with Gasteiger partial charge in [-0.05, 0) is 0 Å². The summed E-state index contributed by atoms with van der Waals surface area (Å²) in [5.74, 6) is -0.878. The molecule has 10 heavy (non-hydrogen) atoms. The first-order chi connectivity index (χ1) is 4.72. The fourth-order valence-corrected chi connectivity index (χ4v) is 1.19. The molecule has 0 saturated carbocycles. The van der Waals surface area contributed by atoms with Gasteiger partial charge in [0.2, 0.25) is 0 Å². The standard InChI is InChI=1S/C7H5AsO2/c8-6-4-2-1-3-5(6)7(9)10/h1-4H,(H,9,10). The second-order valence-corrected chi connectivity index (χ2v) is 2.83. The van der Waals surface area contributed by atoms with Gasteiger partial charge >= 0.3 is 66.9 Å². The number of hydrogen-bond acceptors (Lipinski definition) is 1. The Morgan fingerprint density at radius 1 is 1.40 bits per heavy atom. The Morgan fingerprint density at radius 2 is 2.00 bits per heavy atom. The number of carbonyl (C=O) groups is 1. The molecule has 2 radical (unpaired) electrons. The molecule has 0 fully saturated rings. The second-order valence-electron chi connectivity index (χ2n) is 1.82. The maximum atomic E-state index is 10.4. The van der Waals surface area contributed by atoms with E-state index in [0.29, 0.717) is 5.56 Å². The van der Waals surface area contributed by atoms with Gasteiger partial charge in [-0.1, -0.05) is 0 Å². The van der Waals surface area contributed by atoms with Crippen molar-refractivity contribution in [3.8, 4) is 0 Å². The van der Waals surface area contributed by atoms with Crippen molar-refractivity contribution in [2.75, 3.05) is 0 Å². The zero-order valence-electron chi connectivity index (χ0n) is 5.11. The van der Waals surface area contributed by atoms with E-state index in [2.05, 4.69) is 16.9 Å². The number of carboxylic acids is 1. The van der Waals surface area contributed by atoms with Crippen molar-refractivity contribution >= 4 is 27.2 Å². The summed E-state index contributed by atoms with van der Waals surface area (Å²) in [6, 6.07) is 6.85. The van der Waals surface area contributed by atoms with Gasteiger partial charge in [0, 0.05) is 0 Å². The van der Waals surface area contributed by atoms with Gasteiger partial charge in [0.25, 0.3) is 0 Å². The van der Waals surface area contributed by atoms with Crippen LogP contribution in [0, 0.1) is 0 Å². The monoisotopic (exact) mass is 196 g/mol. The summed E-state index contributed by atoms with van der Waals surface area (Å²) in [5, 5.41) is 8.56. The third kappa shape index (κ3) is 1.39. The number of benzene rings is 1. The summed E-state index contributed by atoms with van der Waals surface area (Å²) in [6.45, 7) is 0. The fraction of sp³-hybridized carbons (Fsp3) is 0. The molecule has 1 aromatic carbocycles. The SMILES string of the molecule is O=C(O)c1ccccc1[As]. The molecule has 1 N–H and O–H groups in total. The van der Waals surface area contributed by atoms with Crippen LogP contribution in [0.15, 0.2) is 24.3 Å². The third-order valence-electron chi connectivity index (χ3n) is 1.13. The Labute approximate surface area is 67.4 Å². The molecule has 0 bridgehead atoms.